The van der Waals surface area contributed by atoms with Crippen molar-refractivity contribution in [3.63, 3.8) is 0 Å². The largest absolute Gasteiger partial charge is 0.382 e. The summed E-state index contributed by atoms with van der Waals surface area (Å²) in [6, 6.07) is 0.142. The highest BCUT2D eigenvalue weighted by Crippen LogP contribution is 2.48. The second-order valence-electron chi connectivity index (χ2n) is 7.51. The van der Waals surface area contributed by atoms with Crippen LogP contribution in [0.15, 0.2) is 0 Å². The molecule has 0 aromatic heterocycles. The van der Waals surface area contributed by atoms with Gasteiger partial charge in [0.1, 0.15) is 27.2 Å². The third kappa shape index (κ3) is 5.19. The summed E-state index contributed by atoms with van der Waals surface area (Å²) in [5.74, 6) is 0.372. The van der Waals surface area contributed by atoms with Crippen LogP contribution in [-0.4, -0.2) is 94.2 Å². The molecule has 2 aliphatic rings. The highest BCUT2D eigenvalue weighted by atomic mass is 31.2. The van der Waals surface area contributed by atoms with Crippen molar-refractivity contribution in [3.05, 3.63) is 0 Å². The Balaban J connectivity index is 1.95. The maximum Gasteiger partial charge on any atom is 0.271 e. The summed E-state index contributed by atoms with van der Waals surface area (Å²) >= 11 is 0. The van der Waals surface area contributed by atoms with Gasteiger partial charge in [-0.05, 0) is 0 Å². The van der Waals surface area contributed by atoms with Gasteiger partial charge in [0.25, 0.3) is 15.0 Å². The van der Waals surface area contributed by atoms with Gasteiger partial charge >= 0.3 is 0 Å². The third-order valence-corrected chi connectivity index (χ3v) is 6.87. The zero-order valence-corrected chi connectivity index (χ0v) is 17.9. The van der Waals surface area contributed by atoms with Gasteiger partial charge < -0.3 is 28.0 Å². The van der Waals surface area contributed by atoms with E-state index in [2.05, 4.69) is 14.7 Å². The van der Waals surface area contributed by atoms with Crippen molar-refractivity contribution in [2.45, 2.75) is 50.3 Å². The first kappa shape index (κ1) is 22.5. The normalized spacial score (nSPS) is 42.6. The van der Waals surface area contributed by atoms with Crippen LogP contribution in [-0.2, 0) is 32.6 Å². The standard InChI is InChI=1S/C14H31B4O7P/c1-7-12(9(5-20-3)23-13(7)15)25-26(17,19)22-6-10-11(21-4)8(2)14(18-16)24-10/h7-14,18H,5-6,15-17H2,1-4H3/t7-,8-,9+,10+,11?,12?,13+,14+,26?/m0/s1. The summed E-state index contributed by atoms with van der Waals surface area (Å²) < 4.78 is 47.1. The molecule has 2 fully saturated rings. The fraction of sp³-hybridized carbons (Fsp3) is 1.00. The molecular weight excluding hydrogens is 354 g/mol. The molecule has 7 nitrogen and oxygen atoms in total. The van der Waals surface area contributed by atoms with Crippen LogP contribution in [0.2, 0.25) is 0 Å². The molecule has 2 saturated heterocycles. The predicted molar refractivity (Wildman–Crippen MR) is 110 cm³/mol. The van der Waals surface area contributed by atoms with Crippen LogP contribution in [0.4, 0.5) is 0 Å². The van der Waals surface area contributed by atoms with E-state index in [4.69, 9.17) is 28.0 Å². The van der Waals surface area contributed by atoms with E-state index < -0.39 is 7.47 Å². The molecule has 2 heterocycles. The summed E-state index contributed by atoms with van der Waals surface area (Å²) in [6.07, 6.45) is -0.899. The van der Waals surface area contributed by atoms with Gasteiger partial charge in [-0.2, -0.15) is 0 Å². The second-order valence-corrected chi connectivity index (χ2v) is 9.52. The van der Waals surface area contributed by atoms with Crippen molar-refractivity contribution in [1.82, 2.24) is 0 Å². The lowest BCUT2D eigenvalue weighted by Crippen LogP contribution is -2.33. The monoisotopic (exact) mass is 386 g/mol. The summed E-state index contributed by atoms with van der Waals surface area (Å²) in [5, 5.41) is 0. The fourth-order valence-corrected chi connectivity index (χ4v) is 5.20. The Labute approximate surface area is 160 Å². The topological polar surface area (TPSA) is 72.5 Å². The van der Waals surface area contributed by atoms with Gasteiger partial charge in [0, 0.05) is 38.1 Å². The molecule has 0 saturated carbocycles. The molecule has 0 N–H and O–H groups in total. The smallest absolute Gasteiger partial charge is 0.271 e. The van der Waals surface area contributed by atoms with E-state index in [0.29, 0.717) is 6.61 Å². The van der Waals surface area contributed by atoms with E-state index in [1.165, 1.54) is 7.57 Å². The molecule has 0 aromatic rings. The van der Waals surface area contributed by atoms with Gasteiger partial charge in [-0.1, -0.05) is 13.8 Å². The van der Waals surface area contributed by atoms with Crippen LogP contribution in [0.1, 0.15) is 13.8 Å². The Morgan fingerprint density at radius 1 is 1.08 bits per heavy atom. The summed E-state index contributed by atoms with van der Waals surface area (Å²) in [6.45, 7) is 4.71. The Kier molecular flexibility index (Phi) is 8.35. The SMILES string of the molecule is BB[C@@H]1O[C@H](COP(B)(=O)OC2[C@@H](COC)O[C@@H](B)[C@H]2C)C(OC)[C@@H]1C. The van der Waals surface area contributed by atoms with Crippen LogP contribution in [0.3, 0.4) is 0 Å². The van der Waals surface area contributed by atoms with E-state index in [-0.39, 0.29) is 54.9 Å². The molecule has 26 heavy (non-hydrogen) atoms. The molecule has 2 aliphatic heterocycles. The molecule has 0 spiro atoms. The quantitative estimate of drug-likeness (QED) is 0.340. The summed E-state index contributed by atoms with van der Waals surface area (Å²) in [7, 11) is 6.50. The van der Waals surface area contributed by atoms with Crippen molar-refractivity contribution < 1.29 is 32.6 Å². The van der Waals surface area contributed by atoms with Crippen LogP contribution in [0.25, 0.3) is 0 Å². The van der Waals surface area contributed by atoms with Gasteiger partial charge in [-0.3, -0.25) is 4.57 Å². The van der Waals surface area contributed by atoms with E-state index in [0.717, 1.165) is 7.17 Å². The van der Waals surface area contributed by atoms with Gasteiger partial charge in [-0.25, -0.2) is 0 Å². The first-order chi connectivity index (χ1) is 12.2. The lowest BCUT2D eigenvalue weighted by Gasteiger charge is -2.27. The van der Waals surface area contributed by atoms with Crippen LogP contribution >= 0.6 is 7.47 Å². The van der Waals surface area contributed by atoms with Crippen molar-refractivity contribution in [2.24, 2.45) is 11.8 Å². The molecule has 0 bridgehead atoms. The van der Waals surface area contributed by atoms with Crippen molar-refractivity contribution in [2.75, 3.05) is 27.4 Å². The number of hydrogen-bond acceptors (Lipinski definition) is 7. The fourth-order valence-electron chi connectivity index (χ4n) is 3.95. The highest BCUT2D eigenvalue weighted by molar-refractivity contribution is 7.79. The molecule has 3 unspecified atom stereocenters. The van der Waals surface area contributed by atoms with E-state index in [1.807, 2.05) is 14.8 Å². The van der Waals surface area contributed by atoms with Gasteiger partial charge in [-0.15, -0.1) is 0 Å². The molecule has 0 radical (unpaired) electrons. The Bertz CT molecular complexity index is 502. The van der Waals surface area contributed by atoms with Gasteiger partial charge in [0.05, 0.1) is 33.2 Å². The number of hydrogen-bond donors (Lipinski definition) is 0. The van der Waals surface area contributed by atoms with E-state index >= 15 is 0 Å². The van der Waals surface area contributed by atoms with E-state index in [1.54, 1.807) is 14.2 Å². The minimum Gasteiger partial charge on any atom is -0.382 e. The zero-order chi connectivity index (χ0) is 19.5. The summed E-state index contributed by atoms with van der Waals surface area (Å²) in [5.41, 5.74) is 0. The second kappa shape index (κ2) is 9.64. The lowest BCUT2D eigenvalue weighted by molar-refractivity contribution is -0.0292. The Hall–Kier alpha value is 0.250. The molecular formula is C14H31B4O7P. The average Bonchev–Trinajstić information content (AvgIpc) is 3.04. The zero-order valence-electron chi connectivity index (χ0n) is 17.0. The van der Waals surface area contributed by atoms with Gasteiger partial charge in [0.15, 0.2) is 0 Å². The lowest BCUT2D eigenvalue weighted by atomic mass is 9.49. The first-order valence-corrected chi connectivity index (χ1v) is 11.5. The van der Waals surface area contributed by atoms with Crippen molar-refractivity contribution in [1.29, 1.82) is 0 Å². The number of methoxy groups -OCH3 is 2. The van der Waals surface area contributed by atoms with Gasteiger partial charge in [0.2, 0.25) is 0 Å². The minimum atomic E-state index is -3.28. The minimum absolute atomic E-state index is 0.0161. The Morgan fingerprint density at radius 3 is 2.31 bits per heavy atom. The van der Waals surface area contributed by atoms with Crippen LogP contribution in [0.5, 0.6) is 0 Å². The molecule has 12 heteroatoms. The molecule has 0 amide bonds. The molecule has 0 aliphatic carbocycles. The summed E-state index contributed by atoms with van der Waals surface area (Å²) in [4.78, 5) is 0. The third-order valence-electron chi connectivity index (χ3n) is 5.63. The molecule has 9 atom stereocenters. The highest BCUT2D eigenvalue weighted by Gasteiger charge is 2.45. The number of ether oxygens (including phenoxy) is 4. The molecule has 0 aromatic carbocycles. The first-order valence-electron chi connectivity index (χ1n) is 9.47. The van der Waals surface area contributed by atoms with Crippen LogP contribution in [0, 0.1) is 11.8 Å². The maximum atomic E-state index is 12.9. The van der Waals surface area contributed by atoms with Crippen LogP contribution < -0.4 is 0 Å². The molecule has 146 valence electrons. The van der Waals surface area contributed by atoms with Crippen molar-refractivity contribution >= 4 is 37.8 Å². The predicted octanol–water partition coefficient (Wildman–Crippen LogP) is -1.87. The van der Waals surface area contributed by atoms with Crippen molar-refractivity contribution in [3.8, 4) is 0 Å². The average molecular weight is 386 g/mol. The maximum absolute atomic E-state index is 12.9. The number of rotatable bonds is 9. The van der Waals surface area contributed by atoms with E-state index in [9.17, 15) is 4.57 Å². The Morgan fingerprint density at radius 2 is 1.73 bits per heavy atom. The molecule has 2 rings (SSSR count).